The number of ether oxygens (including phenoxy) is 2. The Morgan fingerprint density at radius 2 is 2.24 bits per heavy atom. The lowest BCUT2D eigenvalue weighted by atomic mass is 9.96. The number of amides is 1. The lowest BCUT2D eigenvalue weighted by molar-refractivity contribution is -0.137. The fraction of sp³-hybridized carbons (Fsp3) is 0.917. The van der Waals surface area contributed by atoms with E-state index in [-0.39, 0.29) is 24.7 Å². The quantitative estimate of drug-likeness (QED) is 0.743. The standard InChI is InChI=1S/C12H21NO4/c1-9-12(15,5-7-16-9)8-13-11(14)10-4-2-3-6-17-10/h9-10,15H,2-8H2,1H3,(H,13,14). The van der Waals surface area contributed by atoms with Crippen LogP contribution in [-0.4, -0.2) is 48.6 Å². The third kappa shape index (κ3) is 2.97. The minimum absolute atomic E-state index is 0.114. The van der Waals surface area contributed by atoms with Gasteiger partial charge in [0.15, 0.2) is 0 Å². The monoisotopic (exact) mass is 243 g/mol. The van der Waals surface area contributed by atoms with Crippen molar-refractivity contribution >= 4 is 5.91 Å². The minimum Gasteiger partial charge on any atom is -0.385 e. The number of nitrogens with one attached hydrogen (secondary N) is 1. The zero-order chi connectivity index (χ0) is 12.3. The summed E-state index contributed by atoms with van der Waals surface area (Å²) >= 11 is 0. The van der Waals surface area contributed by atoms with Crippen LogP contribution in [0.2, 0.25) is 0 Å². The Morgan fingerprint density at radius 1 is 1.41 bits per heavy atom. The normalized spacial score (nSPS) is 38.0. The van der Waals surface area contributed by atoms with E-state index in [1.54, 1.807) is 0 Å². The zero-order valence-electron chi connectivity index (χ0n) is 10.3. The molecule has 2 saturated heterocycles. The van der Waals surface area contributed by atoms with Crippen molar-refractivity contribution in [3.63, 3.8) is 0 Å². The molecule has 2 heterocycles. The molecule has 5 heteroatoms. The molecule has 2 fully saturated rings. The maximum Gasteiger partial charge on any atom is 0.249 e. The lowest BCUT2D eigenvalue weighted by Crippen LogP contribution is -2.50. The number of carbonyl (C=O) groups excluding carboxylic acids is 1. The number of aliphatic hydroxyl groups is 1. The van der Waals surface area contributed by atoms with Crippen LogP contribution >= 0.6 is 0 Å². The Kier molecular flexibility index (Phi) is 4.01. The molecule has 3 atom stereocenters. The van der Waals surface area contributed by atoms with Crippen LogP contribution in [-0.2, 0) is 14.3 Å². The second-order valence-electron chi connectivity index (χ2n) is 4.94. The van der Waals surface area contributed by atoms with Crippen molar-refractivity contribution in [2.75, 3.05) is 19.8 Å². The number of carbonyl (C=O) groups is 1. The topological polar surface area (TPSA) is 67.8 Å². The Labute approximate surface area is 101 Å². The SMILES string of the molecule is CC1OCCC1(O)CNC(=O)C1CCCCO1. The molecule has 0 aromatic rings. The molecule has 2 aliphatic rings. The molecule has 0 aromatic carbocycles. The van der Waals surface area contributed by atoms with Crippen LogP contribution in [0.3, 0.4) is 0 Å². The van der Waals surface area contributed by atoms with Crippen LogP contribution in [0.5, 0.6) is 0 Å². The van der Waals surface area contributed by atoms with Gasteiger partial charge in [0.2, 0.25) is 5.91 Å². The summed E-state index contributed by atoms with van der Waals surface area (Å²) < 4.78 is 10.7. The first-order valence-electron chi connectivity index (χ1n) is 6.35. The number of hydrogen-bond acceptors (Lipinski definition) is 4. The Bertz CT molecular complexity index is 278. The largest absolute Gasteiger partial charge is 0.385 e. The summed E-state index contributed by atoms with van der Waals surface area (Å²) in [6, 6.07) is 0. The minimum atomic E-state index is -0.926. The van der Waals surface area contributed by atoms with Crippen molar-refractivity contribution in [3.8, 4) is 0 Å². The Morgan fingerprint density at radius 3 is 2.82 bits per heavy atom. The van der Waals surface area contributed by atoms with Gasteiger partial charge in [-0.3, -0.25) is 4.79 Å². The number of rotatable bonds is 3. The first-order valence-corrected chi connectivity index (χ1v) is 6.35. The van der Waals surface area contributed by atoms with E-state index >= 15 is 0 Å². The van der Waals surface area contributed by atoms with Gasteiger partial charge in [0.25, 0.3) is 0 Å². The van der Waals surface area contributed by atoms with E-state index in [4.69, 9.17) is 9.47 Å². The molecule has 0 radical (unpaired) electrons. The highest BCUT2D eigenvalue weighted by molar-refractivity contribution is 5.80. The average Bonchev–Trinajstić information content (AvgIpc) is 2.68. The van der Waals surface area contributed by atoms with E-state index in [2.05, 4.69) is 5.32 Å². The van der Waals surface area contributed by atoms with Crippen molar-refractivity contribution in [2.45, 2.75) is 50.4 Å². The van der Waals surface area contributed by atoms with Crippen LogP contribution in [0.15, 0.2) is 0 Å². The molecule has 0 saturated carbocycles. The first-order chi connectivity index (χ1) is 8.12. The molecule has 0 bridgehead atoms. The smallest absolute Gasteiger partial charge is 0.249 e. The third-order valence-electron chi connectivity index (χ3n) is 3.70. The molecule has 0 aliphatic carbocycles. The van der Waals surface area contributed by atoms with Crippen molar-refractivity contribution in [2.24, 2.45) is 0 Å². The second-order valence-corrected chi connectivity index (χ2v) is 4.94. The predicted molar refractivity (Wildman–Crippen MR) is 61.6 cm³/mol. The Hall–Kier alpha value is -0.650. The average molecular weight is 243 g/mol. The molecule has 0 spiro atoms. The molecule has 0 aromatic heterocycles. The summed E-state index contributed by atoms with van der Waals surface area (Å²) in [4.78, 5) is 11.8. The van der Waals surface area contributed by atoms with Crippen molar-refractivity contribution in [1.82, 2.24) is 5.32 Å². The molecule has 1 amide bonds. The zero-order valence-corrected chi connectivity index (χ0v) is 10.3. The lowest BCUT2D eigenvalue weighted by Gasteiger charge is -2.28. The maximum atomic E-state index is 11.8. The molecule has 3 unspecified atom stereocenters. The molecular weight excluding hydrogens is 222 g/mol. The van der Waals surface area contributed by atoms with Crippen LogP contribution < -0.4 is 5.32 Å². The highest BCUT2D eigenvalue weighted by Crippen LogP contribution is 2.24. The molecule has 98 valence electrons. The van der Waals surface area contributed by atoms with Gasteiger partial charge in [-0.25, -0.2) is 0 Å². The van der Waals surface area contributed by atoms with E-state index < -0.39 is 5.60 Å². The van der Waals surface area contributed by atoms with Crippen molar-refractivity contribution in [1.29, 1.82) is 0 Å². The molecule has 2 N–H and O–H groups in total. The summed E-state index contributed by atoms with van der Waals surface area (Å²) in [6.07, 6.45) is 2.83. The summed E-state index contributed by atoms with van der Waals surface area (Å²) in [7, 11) is 0. The van der Waals surface area contributed by atoms with Gasteiger partial charge in [-0.2, -0.15) is 0 Å². The van der Waals surface area contributed by atoms with Gasteiger partial charge in [0.1, 0.15) is 11.7 Å². The second kappa shape index (κ2) is 5.33. The summed E-state index contributed by atoms with van der Waals surface area (Å²) in [5.41, 5.74) is -0.926. The fourth-order valence-corrected chi connectivity index (χ4v) is 2.30. The summed E-state index contributed by atoms with van der Waals surface area (Å²) in [5.74, 6) is -0.114. The van der Waals surface area contributed by atoms with E-state index in [0.717, 1.165) is 19.3 Å². The van der Waals surface area contributed by atoms with Crippen LogP contribution in [0, 0.1) is 0 Å². The van der Waals surface area contributed by atoms with E-state index in [9.17, 15) is 9.90 Å². The maximum absolute atomic E-state index is 11.8. The van der Waals surface area contributed by atoms with E-state index in [1.807, 2.05) is 6.92 Å². The van der Waals surface area contributed by atoms with Crippen molar-refractivity contribution < 1.29 is 19.4 Å². The van der Waals surface area contributed by atoms with Gasteiger partial charge in [-0.1, -0.05) is 0 Å². The fourth-order valence-electron chi connectivity index (χ4n) is 2.30. The molecular formula is C12H21NO4. The van der Waals surface area contributed by atoms with E-state index in [1.165, 1.54) is 0 Å². The molecule has 2 aliphatic heterocycles. The predicted octanol–water partition coefficient (Wildman–Crippen LogP) is 0.212. The van der Waals surface area contributed by atoms with Crippen molar-refractivity contribution in [3.05, 3.63) is 0 Å². The van der Waals surface area contributed by atoms with Gasteiger partial charge in [0.05, 0.1) is 6.10 Å². The van der Waals surface area contributed by atoms with Gasteiger partial charge in [0, 0.05) is 26.2 Å². The highest BCUT2D eigenvalue weighted by Gasteiger charge is 2.40. The molecule has 5 nitrogen and oxygen atoms in total. The molecule has 2 rings (SSSR count). The van der Waals surface area contributed by atoms with Crippen LogP contribution in [0.25, 0.3) is 0 Å². The van der Waals surface area contributed by atoms with Gasteiger partial charge in [-0.15, -0.1) is 0 Å². The summed E-state index contributed by atoms with van der Waals surface area (Å²) in [5, 5.41) is 13.0. The Balaban J connectivity index is 1.79. The van der Waals surface area contributed by atoms with E-state index in [0.29, 0.717) is 19.6 Å². The summed E-state index contributed by atoms with van der Waals surface area (Å²) in [6.45, 7) is 3.28. The third-order valence-corrected chi connectivity index (χ3v) is 3.70. The molecule has 17 heavy (non-hydrogen) atoms. The highest BCUT2D eigenvalue weighted by atomic mass is 16.5. The first kappa shape index (κ1) is 12.8. The van der Waals surface area contributed by atoms with Gasteiger partial charge >= 0.3 is 0 Å². The van der Waals surface area contributed by atoms with Crippen LogP contribution in [0.1, 0.15) is 32.6 Å². The van der Waals surface area contributed by atoms with Crippen LogP contribution in [0.4, 0.5) is 0 Å². The van der Waals surface area contributed by atoms with Gasteiger partial charge in [-0.05, 0) is 26.2 Å². The van der Waals surface area contributed by atoms with Gasteiger partial charge < -0.3 is 19.9 Å². The number of hydrogen-bond donors (Lipinski definition) is 2.